The average Bonchev–Trinajstić information content (AvgIpc) is 3.11. The second kappa shape index (κ2) is 10.0. The van der Waals surface area contributed by atoms with Crippen molar-refractivity contribution in [2.45, 2.75) is 27.2 Å². The molecule has 3 aromatic carbocycles. The third kappa shape index (κ3) is 4.16. The summed E-state index contributed by atoms with van der Waals surface area (Å²) in [5.74, 6) is -0.465. The van der Waals surface area contributed by atoms with Gasteiger partial charge in [-0.1, -0.05) is 30.3 Å². The van der Waals surface area contributed by atoms with Gasteiger partial charge < -0.3 is 18.9 Å². The number of esters is 1. The van der Waals surface area contributed by atoms with E-state index in [9.17, 15) is 14.4 Å². The van der Waals surface area contributed by atoms with Gasteiger partial charge in [-0.2, -0.15) is 0 Å². The third-order valence-corrected chi connectivity index (χ3v) is 5.67. The maximum absolute atomic E-state index is 13.8. The summed E-state index contributed by atoms with van der Waals surface area (Å²) >= 11 is 0. The largest absolute Gasteiger partial charge is 0.495 e. The predicted octanol–water partition coefficient (Wildman–Crippen LogP) is 4.55. The first-order valence-electron chi connectivity index (χ1n) is 11.5. The molecule has 8 heteroatoms. The van der Waals surface area contributed by atoms with Crippen molar-refractivity contribution in [3.8, 4) is 17.2 Å². The molecule has 0 N–H and O–H groups in total. The molecule has 35 heavy (non-hydrogen) atoms. The van der Waals surface area contributed by atoms with Gasteiger partial charge in [-0.3, -0.25) is 14.4 Å². The van der Waals surface area contributed by atoms with Crippen molar-refractivity contribution in [1.29, 1.82) is 0 Å². The summed E-state index contributed by atoms with van der Waals surface area (Å²) in [6.45, 7) is 6.29. The Bertz CT molecular complexity index is 1250. The molecule has 0 unspecified atom stereocenters. The number of anilines is 1. The zero-order valence-electron chi connectivity index (χ0n) is 20.2. The van der Waals surface area contributed by atoms with Crippen molar-refractivity contribution in [2.24, 2.45) is 0 Å². The number of benzene rings is 3. The van der Waals surface area contributed by atoms with Gasteiger partial charge in [0.15, 0.2) is 0 Å². The lowest BCUT2D eigenvalue weighted by molar-refractivity contribution is -0.142. The van der Waals surface area contributed by atoms with Crippen LogP contribution in [0.5, 0.6) is 17.2 Å². The molecule has 0 saturated heterocycles. The first-order chi connectivity index (χ1) is 17.0. The minimum absolute atomic E-state index is 0.0426. The monoisotopic (exact) mass is 477 g/mol. The standard InChI is InChI=1S/C27H27NO7/c1-5-33-21(29)15-16-12-13-19(20(14-16)32-4)28-26(30)22-23(27(28)31)25(35-7-3)18-11-9-8-10-17(18)24(22)34-6-2/h8-14H,5-7,15H2,1-4H3. The van der Waals surface area contributed by atoms with E-state index in [2.05, 4.69) is 0 Å². The van der Waals surface area contributed by atoms with Crippen molar-refractivity contribution in [1.82, 2.24) is 0 Å². The fourth-order valence-electron chi connectivity index (χ4n) is 4.30. The minimum atomic E-state index is -0.531. The fraction of sp³-hybridized carbons (Fsp3) is 0.296. The fourth-order valence-corrected chi connectivity index (χ4v) is 4.30. The minimum Gasteiger partial charge on any atom is -0.495 e. The number of carbonyl (C=O) groups excluding carboxylic acids is 3. The van der Waals surface area contributed by atoms with Gasteiger partial charge >= 0.3 is 5.97 Å². The highest BCUT2D eigenvalue weighted by atomic mass is 16.5. The Labute approximate surface area is 203 Å². The molecule has 0 bridgehead atoms. The zero-order valence-corrected chi connectivity index (χ0v) is 20.2. The van der Waals surface area contributed by atoms with Crippen LogP contribution in [-0.4, -0.2) is 44.7 Å². The van der Waals surface area contributed by atoms with E-state index in [-0.39, 0.29) is 41.6 Å². The summed E-state index contributed by atoms with van der Waals surface area (Å²) in [5.41, 5.74) is 1.23. The van der Waals surface area contributed by atoms with Crippen LogP contribution >= 0.6 is 0 Å². The van der Waals surface area contributed by atoms with Crippen LogP contribution in [-0.2, 0) is 16.0 Å². The molecule has 0 radical (unpaired) electrons. The lowest BCUT2D eigenvalue weighted by Crippen LogP contribution is -2.30. The van der Waals surface area contributed by atoms with Crippen molar-refractivity contribution in [3.63, 3.8) is 0 Å². The number of carbonyl (C=O) groups is 3. The van der Waals surface area contributed by atoms with E-state index >= 15 is 0 Å². The molecule has 0 saturated carbocycles. The highest BCUT2D eigenvalue weighted by molar-refractivity contribution is 6.38. The van der Waals surface area contributed by atoms with E-state index in [0.717, 1.165) is 4.90 Å². The average molecular weight is 478 g/mol. The number of hydrogen-bond acceptors (Lipinski definition) is 7. The van der Waals surface area contributed by atoms with E-state index in [0.29, 0.717) is 41.0 Å². The molecule has 3 aromatic rings. The van der Waals surface area contributed by atoms with Crippen LogP contribution in [0.3, 0.4) is 0 Å². The van der Waals surface area contributed by atoms with Crippen LogP contribution in [0.4, 0.5) is 5.69 Å². The van der Waals surface area contributed by atoms with Gasteiger partial charge in [-0.15, -0.1) is 0 Å². The molecule has 1 aliphatic heterocycles. The van der Waals surface area contributed by atoms with E-state index in [1.165, 1.54) is 7.11 Å². The van der Waals surface area contributed by atoms with Gasteiger partial charge in [0, 0.05) is 10.8 Å². The molecule has 1 aliphatic rings. The van der Waals surface area contributed by atoms with Crippen LogP contribution in [0, 0.1) is 0 Å². The van der Waals surface area contributed by atoms with Crippen LogP contribution in [0.1, 0.15) is 47.1 Å². The van der Waals surface area contributed by atoms with Crippen molar-refractivity contribution in [2.75, 3.05) is 31.8 Å². The van der Waals surface area contributed by atoms with Gasteiger partial charge in [0.1, 0.15) is 17.2 Å². The molecule has 2 amide bonds. The molecule has 0 atom stereocenters. The molecule has 4 rings (SSSR count). The van der Waals surface area contributed by atoms with Crippen molar-refractivity contribution < 1.29 is 33.3 Å². The van der Waals surface area contributed by atoms with Gasteiger partial charge in [0.25, 0.3) is 11.8 Å². The second-order valence-electron chi connectivity index (χ2n) is 7.75. The summed E-state index contributed by atoms with van der Waals surface area (Å²) in [6, 6.07) is 12.3. The molecule has 1 heterocycles. The Morgan fingerprint density at radius 2 is 1.40 bits per heavy atom. The topological polar surface area (TPSA) is 91.4 Å². The molecular formula is C27H27NO7. The van der Waals surface area contributed by atoms with Crippen LogP contribution in [0.2, 0.25) is 0 Å². The number of imide groups is 1. The van der Waals surface area contributed by atoms with E-state index < -0.39 is 11.8 Å². The van der Waals surface area contributed by atoms with E-state index in [1.54, 1.807) is 25.1 Å². The summed E-state index contributed by atoms with van der Waals surface area (Å²) in [7, 11) is 1.44. The number of hydrogen-bond donors (Lipinski definition) is 0. The summed E-state index contributed by atoms with van der Waals surface area (Å²) < 4.78 is 22.3. The van der Waals surface area contributed by atoms with Gasteiger partial charge in [-0.05, 0) is 38.5 Å². The molecule has 0 aliphatic carbocycles. The van der Waals surface area contributed by atoms with Crippen LogP contribution in [0.25, 0.3) is 10.8 Å². The quantitative estimate of drug-likeness (QED) is 0.330. The van der Waals surface area contributed by atoms with E-state index in [1.807, 2.05) is 38.1 Å². The Morgan fingerprint density at radius 3 is 1.89 bits per heavy atom. The number of nitrogens with zero attached hydrogens (tertiary/aromatic N) is 1. The summed E-state index contributed by atoms with van der Waals surface area (Å²) in [4.78, 5) is 40.5. The van der Waals surface area contributed by atoms with Gasteiger partial charge in [0.05, 0.1) is 50.2 Å². The Hall–Kier alpha value is -4.07. The maximum atomic E-state index is 13.8. The van der Waals surface area contributed by atoms with Gasteiger partial charge in [-0.25, -0.2) is 4.90 Å². The van der Waals surface area contributed by atoms with E-state index in [4.69, 9.17) is 18.9 Å². The van der Waals surface area contributed by atoms with Crippen molar-refractivity contribution >= 4 is 34.2 Å². The highest BCUT2D eigenvalue weighted by Gasteiger charge is 2.44. The normalized spacial score (nSPS) is 12.6. The Balaban J connectivity index is 1.87. The van der Waals surface area contributed by atoms with Crippen LogP contribution < -0.4 is 19.1 Å². The Kier molecular flexibility index (Phi) is 6.91. The lowest BCUT2D eigenvalue weighted by atomic mass is 9.99. The number of ether oxygens (including phenoxy) is 4. The molecule has 0 fully saturated rings. The SMILES string of the molecule is CCOC(=O)Cc1ccc(N2C(=O)c3c(c(OCC)c4ccccc4c3OCC)C2=O)c(OC)c1. The molecule has 0 spiro atoms. The molecule has 8 nitrogen and oxygen atoms in total. The predicted molar refractivity (Wildman–Crippen MR) is 131 cm³/mol. The Morgan fingerprint density at radius 1 is 0.829 bits per heavy atom. The van der Waals surface area contributed by atoms with Gasteiger partial charge in [0.2, 0.25) is 0 Å². The number of amides is 2. The highest BCUT2D eigenvalue weighted by Crippen LogP contribution is 2.47. The number of rotatable bonds is 9. The summed E-state index contributed by atoms with van der Waals surface area (Å²) in [5, 5.41) is 1.38. The summed E-state index contributed by atoms with van der Waals surface area (Å²) in [6.07, 6.45) is 0.0426. The first-order valence-corrected chi connectivity index (χ1v) is 11.5. The van der Waals surface area contributed by atoms with Crippen LogP contribution in [0.15, 0.2) is 42.5 Å². The first kappa shape index (κ1) is 24.1. The molecule has 182 valence electrons. The number of fused-ring (bicyclic) bond motifs is 2. The molecule has 0 aromatic heterocycles. The maximum Gasteiger partial charge on any atom is 0.310 e. The van der Waals surface area contributed by atoms with Crippen molar-refractivity contribution in [3.05, 3.63) is 59.2 Å². The zero-order chi connectivity index (χ0) is 25.1. The number of methoxy groups -OCH3 is 1. The third-order valence-electron chi connectivity index (χ3n) is 5.67. The second-order valence-corrected chi connectivity index (χ2v) is 7.75. The molecular weight excluding hydrogens is 450 g/mol. The lowest BCUT2D eigenvalue weighted by Gasteiger charge is -2.18. The smallest absolute Gasteiger partial charge is 0.310 e.